The SMILES string of the molecule is O=C(NC[C@H](c1ccc(Cl)cc1)N1CCOCC1)C1=C(c2ccccc2)SCCO1. The van der Waals surface area contributed by atoms with Gasteiger partial charge in [0.15, 0.2) is 5.76 Å². The topological polar surface area (TPSA) is 50.8 Å². The van der Waals surface area contributed by atoms with E-state index in [4.69, 9.17) is 21.1 Å². The summed E-state index contributed by atoms with van der Waals surface area (Å²) in [6, 6.07) is 17.8. The Hall–Kier alpha value is -1.99. The van der Waals surface area contributed by atoms with Crippen LogP contribution in [0.2, 0.25) is 5.02 Å². The molecule has 1 amide bonds. The smallest absolute Gasteiger partial charge is 0.287 e. The van der Waals surface area contributed by atoms with E-state index in [0.29, 0.717) is 37.1 Å². The third-order valence-corrected chi connectivity index (χ3v) is 6.55. The van der Waals surface area contributed by atoms with Crippen molar-refractivity contribution in [1.29, 1.82) is 0 Å². The normalized spacial score (nSPS) is 18.6. The van der Waals surface area contributed by atoms with E-state index in [2.05, 4.69) is 10.2 Å². The number of carbonyl (C=O) groups is 1. The lowest BCUT2D eigenvalue weighted by molar-refractivity contribution is -0.121. The van der Waals surface area contributed by atoms with Gasteiger partial charge in [0, 0.05) is 30.4 Å². The largest absolute Gasteiger partial charge is 0.486 e. The van der Waals surface area contributed by atoms with Gasteiger partial charge in [0.25, 0.3) is 5.91 Å². The molecule has 2 heterocycles. The van der Waals surface area contributed by atoms with Gasteiger partial charge in [-0.15, -0.1) is 11.8 Å². The highest BCUT2D eigenvalue weighted by Gasteiger charge is 2.26. The van der Waals surface area contributed by atoms with Gasteiger partial charge in [-0.2, -0.15) is 0 Å². The molecule has 2 aromatic rings. The summed E-state index contributed by atoms with van der Waals surface area (Å²) in [5, 5.41) is 3.81. The minimum Gasteiger partial charge on any atom is -0.486 e. The molecule has 1 fully saturated rings. The molecule has 7 heteroatoms. The van der Waals surface area contributed by atoms with Crippen LogP contribution in [0.1, 0.15) is 17.2 Å². The van der Waals surface area contributed by atoms with Crippen LogP contribution in [0.3, 0.4) is 0 Å². The average molecular weight is 445 g/mol. The molecular formula is C23H25ClN2O3S. The van der Waals surface area contributed by atoms with Gasteiger partial charge in [0.2, 0.25) is 0 Å². The van der Waals surface area contributed by atoms with Gasteiger partial charge in [0.05, 0.1) is 30.8 Å². The molecule has 0 aliphatic carbocycles. The second-order valence-electron chi connectivity index (χ2n) is 7.15. The number of hydrogen-bond acceptors (Lipinski definition) is 5. The Morgan fingerprint density at radius 2 is 1.80 bits per heavy atom. The second-order valence-corrected chi connectivity index (χ2v) is 8.69. The molecular weight excluding hydrogens is 420 g/mol. The number of amides is 1. The molecule has 2 aromatic carbocycles. The van der Waals surface area contributed by atoms with Crippen LogP contribution in [-0.4, -0.2) is 56.0 Å². The number of benzene rings is 2. The number of hydrogen-bond donors (Lipinski definition) is 1. The van der Waals surface area contributed by atoms with E-state index in [-0.39, 0.29) is 11.9 Å². The molecule has 0 bridgehead atoms. The van der Waals surface area contributed by atoms with Crippen LogP contribution in [0.4, 0.5) is 0 Å². The summed E-state index contributed by atoms with van der Waals surface area (Å²) in [6.45, 7) is 4.07. The summed E-state index contributed by atoms with van der Waals surface area (Å²) in [5.41, 5.74) is 2.13. The number of thioether (sulfide) groups is 1. The van der Waals surface area contributed by atoms with Gasteiger partial charge >= 0.3 is 0 Å². The van der Waals surface area contributed by atoms with E-state index in [1.807, 2.05) is 54.6 Å². The van der Waals surface area contributed by atoms with E-state index in [0.717, 1.165) is 34.9 Å². The predicted molar refractivity (Wildman–Crippen MR) is 121 cm³/mol. The van der Waals surface area contributed by atoms with E-state index in [9.17, 15) is 4.79 Å². The first-order valence-corrected chi connectivity index (χ1v) is 11.5. The Balaban J connectivity index is 1.52. The van der Waals surface area contributed by atoms with Crippen molar-refractivity contribution in [3.8, 4) is 0 Å². The average Bonchev–Trinajstić information content (AvgIpc) is 2.81. The zero-order chi connectivity index (χ0) is 20.8. The fourth-order valence-electron chi connectivity index (χ4n) is 3.69. The maximum Gasteiger partial charge on any atom is 0.287 e. The standard InChI is InChI=1S/C23H25ClN2O3S/c24-19-8-6-17(7-9-19)20(26-10-12-28-13-11-26)16-25-23(27)21-22(30-15-14-29-21)18-4-2-1-3-5-18/h1-9,20H,10-16H2,(H,25,27)/t20-/m1/s1. The molecule has 0 unspecified atom stereocenters. The van der Waals surface area contributed by atoms with Crippen molar-refractivity contribution in [1.82, 2.24) is 10.2 Å². The van der Waals surface area contributed by atoms with Gasteiger partial charge in [-0.05, 0) is 23.3 Å². The zero-order valence-corrected chi connectivity index (χ0v) is 18.3. The van der Waals surface area contributed by atoms with Crippen LogP contribution < -0.4 is 5.32 Å². The molecule has 1 saturated heterocycles. The molecule has 2 aliphatic rings. The van der Waals surface area contributed by atoms with Crippen molar-refractivity contribution in [2.75, 3.05) is 45.2 Å². The van der Waals surface area contributed by atoms with Crippen LogP contribution in [0.5, 0.6) is 0 Å². The first-order valence-electron chi connectivity index (χ1n) is 10.1. The molecule has 0 spiro atoms. The van der Waals surface area contributed by atoms with Crippen molar-refractivity contribution < 1.29 is 14.3 Å². The lowest BCUT2D eigenvalue weighted by Gasteiger charge is -2.35. The number of ether oxygens (including phenoxy) is 2. The van der Waals surface area contributed by atoms with Crippen molar-refractivity contribution in [2.24, 2.45) is 0 Å². The number of halogens is 1. The summed E-state index contributed by atoms with van der Waals surface area (Å²) in [6.07, 6.45) is 0. The zero-order valence-electron chi connectivity index (χ0n) is 16.7. The molecule has 158 valence electrons. The molecule has 5 nitrogen and oxygen atoms in total. The molecule has 30 heavy (non-hydrogen) atoms. The lowest BCUT2D eigenvalue weighted by Crippen LogP contribution is -2.44. The molecule has 1 N–H and O–H groups in total. The number of nitrogens with zero attached hydrogens (tertiary/aromatic N) is 1. The van der Waals surface area contributed by atoms with Crippen molar-refractivity contribution >= 4 is 34.2 Å². The van der Waals surface area contributed by atoms with Crippen molar-refractivity contribution in [2.45, 2.75) is 6.04 Å². The van der Waals surface area contributed by atoms with Gasteiger partial charge in [-0.25, -0.2) is 0 Å². The van der Waals surface area contributed by atoms with Gasteiger partial charge < -0.3 is 14.8 Å². The van der Waals surface area contributed by atoms with Crippen LogP contribution >= 0.6 is 23.4 Å². The number of rotatable bonds is 6. The summed E-state index contributed by atoms with van der Waals surface area (Å²) >= 11 is 7.74. The van der Waals surface area contributed by atoms with E-state index in [1.165, 1.54) is 0 Å². The Morgan fingerprint density at radius 1 is 1.07 bits per heavy atom. The highest BCUT2D eigenvalue weighted by Crippen LogP contribution is 2.34. The molecule has 4 rings (SSSR count). The Bertz CT molecular complexity index is 883. The number of carbonyl (C=O) groups excluding carboxylic acids is 1. The maximum absolute atomic E-state index is 13.1. The van der Waals surface area contributed by atoms with Crippen LogP contribution in [0.15, 0.2) is 60.4 Å². The maximum atomic E-state index is 13.1. The molecule has 0 aromatic heterocycles. The van der Waals surface area contributed by atoms with Crippen molar-refractivity contribution in [3.63, 3.8) is 0 Å². The minimum absolute atomic E-state index is 0.0483. The second kappa shape index (κ2) is 10.4. The van der Waals surface area contributed by atoms with E-state index in [1.54, 1.807) is 11.8 Å². The molecule has 0 radical (unpaired) electrons. The molecule has 2 aliphatic heterocycles. The van der Waals surface area contributed by atoms with Crippen molar-refractivity contribution in [3.05, 3.63) is 76.5 Å². The fourth-order valence-corrected chi connectivity index (χ4v) is 4.77. The predicted octanol–water partition coefficient (Wildman–Crippen LogP) is 3.96. The van der Waals surface area contributed by atoms with E-state index < -0.39 is 0 Å². The van der Waals surface area contributed by atoms with Crippen LogP contribution in [0.25, 0.3) is 4.91 Å². The van der Waals surface area contributed by atoms with Crippen LogP contribution in [0, 0.1) is 0 Å². The summed E-state index contributed by atoms with van der Waals surface area (Å²) in [7, 11) is 0. The van der Waals surface area contributed by atoms with Gasteiger partial charge in [-0.1, -0.05) is 54.1 Å². The first-order chi connectivity index (χ1) is 14.7. The Labute approximate surface area is 186 Å². The molecule has 1 atom stereocenters. The Morgan fingerprint density at radius 3 is 2.53 bits per heavy atom. The Kier molecular flexibility index (Phi) is 7.33. The van der Waals surface area contributed by atoms with Gasteiger partial charge in [-0.3, -0.25) is 9.69 Å². The minimum atomic E-state index is -0.173. The quantitative estimate of drug-likeness (QED) is 0.730. The van der Waals surface area contributed by atoms with E-state index >= 15 is 0 Å². The number of nitrogens with one attached hydrogen (secondary N) is 1. The molecule has 0 saturated carbocycles. The fraction of sp³-hybridized carbons (Fsp3) is 0.348. The highest BCUT2D eigenvalue weighted by molar-refractivity contribution is 8.08. The summed E-state index contributed by atoms with van der Waals surface area (Å²) in [5.74, 6) is 1.07. The monoisotopic (exact) mass is 444 g/mol. The van der Waals surface area contributed by atoms with Crippen LogP contribution in [-0.2, 0) is 14.3 Å². The third-order valence-electron chi connectivity index (χ3n) is 5.22. The first kappa shape index (κ1) is 21.2. The number of morpholine rings is 1. The summed E-state index contributed by atoms with van der Waals surface area (Å²) < 4.78 is 11.3. The van der Waals surface area contributed by atoms with Gasteiger partial charge in [0.1, 0.15) is 0 Å². The summed E-state index contributed by atoms with van der Waals surface area (Å²) in [4.78, 5) is 16.3. The third kappa shape index (κ3) is 5.19. The lowest BCUT2D eigenvalue weighted by atomic mass is 10.0. The highest BCUT2D eigenvalue weighted by atomic mass is 35.5.